The third kappa shape index (κ3) is 3.11. The number of hydrogen-bond acceptors (Lipinski definition) is 4. The highest BCUT2D eigenvalue weighted by Crippen LogP contribution is 2.37. The summed E-state index contributed by atoms with van der Waals surface area (Å²) >= 11 is 0. The molecule has 4 atom stereocenters. The van der Waals surface area contributed by atoms with Crippen molar-refractivity contribution in [2.24, 2.45) is 11.7 Å². The summed E-state index contributed by atoms with van der Waals surface area (Å²) < 4.78 is 5.47. The first-order valence-corrected chi connectivity index (χ1v) is 7.84. The molecular formula is C17H24N2O2. The largest absolute Gasteiger partial charge is 0.464 e. The molecule has 0 saturated carbocycles. The van der Waals surface area contributed by atoms with Crippen molar-refractivity contribution in [1.82, 2.24) is 4.90 Å². The zero-order valence-electron chi connectivity index (χ0n) is 12.6. The van der Waals surface area contributed by atoms with Crippen LogP contribution in [0.5, 0.6) is 0 Å². The predicted molar refractivity (Wildman–Crippen MR) is 81.6 cm³/mol. The molecule has 1 unspecified atom stereocenters. The number of carbonyl (C=O) groups excluding carboxylic acids is 1. The molecule has 3 rings (SSSR count). The molecule has 1 aromatic rings. The van der Waals surface area contributed by atoms with E-state index in [-0.39, 0.29) is 5.97 Å². The summed E-state index contributed by atoms with van der Waals surface area (Å²) in [5.41, 5.74) is 6.77. The van der Waals surface area contributed by atoms with Gasteiger partial charge in [0.1, 0.15) is 6.04 Å². The highest BCUT2D eigenvalue weighted by Gasteiger charge is 2.38. The molecule has 2 aliphatic rings. The first kappa shape index (κ1) is 14.5. The Morgan fingerprint density at radius 3 is 2.52 bits per heavy atom. The smallest absolute Gasteiger partial charge is 0.327 e. The number of piperidine rings is 1. The second kappa shape index (κ2) is 6.16. The van der Waals surface area contributed by atoms with E-state index >= 15 is 0 Å². The van der Waals surface area contributed by atoms with Gasteiger partial charge in [-0.25, -0.2) is 4.79 Å². The van der Waals surface area contributed by atoms with Crippen LogP contribution in [0.1, 0.15) is 37.3 Å². The minimum Gasteiger partial charge on any atom is -0.464 e. The van der Waals surface area contributed by atoms with E-state index in [2.05, 4.69) is 11.9 Å². The third-order valence-electron chi connectivity index (χ3n) is 5.07. The van der Waals surface area contributed by atoms with Crippen LogP contribution in [0.4, 0.5) is 0 Å². The molecule has 21 heavy (non-hydrogen) atoms. The SMILES string of the molecule is CN1[C@@H]2CC[C@H]1C[C@H](COC(=O)C(N)c1ccccc1)C2. The van der Waals surface area contributed by atoms with Crippen molar-refractivity contribution in [3.8, 4) is 0 Å². The van der Waals surface area contributed by atoms with Gasteiger partial charge in [-0.3, -0.25) is 0 Å². The zero-order chi connectivity index (χ0) is 14.8. The van der Waals surface area contributed by atoms with Crippen molar-refractivity contribution < 1.29 is 9.53 Å². The summed E-state index contributed by atoms with van der Waals surface area (Å²) in [7, 11) is 2.22. The number of ether oxygens (including phenoxy) is 1. The summed E-state index contributed by atoms with van der Waals surface area (Å²) in [5, 5.41) is 0. The van der Waals surface area contributed by atoms with Crippen LogP contribution in [-0.4, -0.2) is 36.6 Å². The van der Waals surface area contributed by atoms with E-state index in [9.17, 15) is 4.79 Å². The average molecular weight is 288 g/mol. The number of fused-ring (bicyclic) bond motifs is 2. The molecule has 114 valence electrons. The maximum atomic E-state index is 12.1. The van der Waals surface area contributed by atoms with E-state index in [1.165, 1.54) is 12.8 Å². The van der Waals surface area contributed by atoms with Gasteiger partial charge in [-0.05, 0) is 44.2 Å². The predicted octanol–water partition coefficient (Wildman–Crippen LogP) is 2.10. The summed E-state index contributed by atoms with van der Waals surface area (Å²) in [6.07, 6.45) is 4.85. The fourth-order valence-electron chi connectivity index (χ4n) is 3.75. The van der Waals surface area contributed by atoms with E-state index in [1.807, 2.05) is 30.3 Å². The second-order valence-electron chi connectivity index (χ2n) is 6.41. The molecule has 0 amide bonds. The van der Waals surface area contributed by atoms with Gasteiger partial charge < -0.3 is 15.4 Å². The summed E-state index contributed by atoms with van der Waals surface area (Å²) in [6, 6.07) is 10.1. The van der Waals surface area contributed by atoms with Crippen LogP contribution in [-0.2, 0) is 9.53 Å². The van der Waals surface area contributed by atoms with E-state index < -0.39 is 6.04 Å². The summed E-state index contributed by atoms with van der Waals surface area (Å²) in [4.78, 5) is 14.6. The van der Waals surface area contributed by atoms with Gasteiger partial charge in [0.15, 0.2) is 0 Å². The van der Waals surface area contributed by atoms with Crippen LogP contribution in [0.25, 0.3) is 0 Å². The van der Waals surface area contributed by atoms with E-state index in [0.29, 0.717) is 24.6 Å². The monoisotopic (exact) mass is 288 g/mol. The summed E-state index contributed by atoms with van der Waals surface area (Å²) in [5.74, 6) is 0.179. The lowest BCUT2D eigenvalue weighted by Crippen LogP contribution is -2.41. The second-order valence-corrected chi connectivity index (χ2v) is 6.41. The number of benzene rings is 1. The Labute approximate surface area is 126 Å². The molecule has 2 bridgehead atoms. The van der Waals surface area contributed by atoms with E-state index in [0.717, 1.165) is 18.4 Å². The van der Waals surface area contributed by atoms with E-state index in [4.69, 9.17) is 10.5 Å². The van der Waals surface area contributed by atoms with Crippen LogP contribution in [0.2, 0.25) is 0 Å². The molecule has 2 saturated heterocycles. The Kier molecular flexibility index (Phi) is 4.27. The Morgan fingerprint density at radius 2 is 1.90 bits per heavy atom. The minimum atomic E-state index is -0.672. The van der Waals surface area contributed by atoms with Crippen molar-refractivity contribution in [2.75, 3.05) is 13.7 Å². The molecule has 4 heteroatoms. The molecule has 1 aromatic carbocycles. The van der Waals surface area contributed by atoms with E-state index in [1.54, 1.807) is 0 Å². The van der Waals surface area contributed by atoms with Crippen molar-refractivity contribution in [1.29, 1.82) is 0 Å². The number of nitrogens with two attached hydrogens (primary N) is 1. The van der Waals surface area contributed by atoms with Gasteiger partial charge in [-0.15, -0.1) is 0 Å². The van der Waals surface area contributed by atoms with Gasteiger partial charge in [0.25, 0.3) is 0 Å². The zero-order valence-corrected chi connectivity index (χ0v) is 12.6. The highest BCUT2D eigenvalue weighted by molar-refractivity contribution is 5.77. The Balaban J connectivity index is 1.50. The lowest BCUT2D eigenvalue weighted by molar-refractivity contribution is -0.147. The van der Waals surface area contributed by atoms with Crippen LogP contribution >= 0.6 is 0 Å². The van der Waals surface area contributed by atoms with Crippen molar-refractivity contribution in [3.63, 3.8) is 0 Å². The topological polar surface area (TPSA) is 55.6 Å². The molecule has 2 aliphatic heterocycles. The van der Waals surface area contributed by atoms with Crippen LogP contribution in [0.3, 0.4) is 0 Å². The lowest BCUT2D eigenvalue weighted by atomic mass is 9.92. The molecular weight excluding hydrogens is 264 g/mol. The molecule has 0 spiro atoms. The standard InChI is InChI=1S/C17H24N2O2/c1-19-14-7-8-15(19)10-12(9-14)11-21-17(20)16(18)13-5-3-2-4-6-13/h2-6,12,14-16H,7-11,18H2,1H3/t12-,14-,15+,16?. The molecule has 2 fully saturated rings. The van der Waals surface area contributed by atoms with Crippen molar-refractivity contribution in [3.05, 3.63) is 35.9 Å². The van der Waals surface area contributed by atoms with Gasteiger partial charge >= 0.3 is 5.97 Å². The van der Waals surface area contributed by atoms with Gasteiger partial charge in [-0.2, -0.15) is 0 Å². The van der Waals surface area contributed by atoms with Crippen LogP contribution in [0, 0.1) is 5.92 Å². The Hall–Kier alpha value is -1.39. The highest BCUT2D eigenvalue weighted by atomic mass is 16.5. The molecule has 4 nitrogen and oxygen atoms in total. The minimum absolute atomic E-state index is 0.313. The van der Waals surface area contributed by atoms with Gasteiger partial charge in [0.05, 0.1) is 6.61 Å². The van der Waals surface area contributed by atoms with Crippen LogP contribution < -0.4 is 5.73 Å². The fraction of sp³-hybridized carbons (Fsp3) is 0.588. The molecule has 0 aliphatic carbocycles. The number of hydrogen-bond donors (Lipinski definition) is 1. The number of esters is 1. The maximum absolute atomic E-state index is 12.1. The number of nitrogens with zero attached hydrogens (tertiary/aromatic N) is 1. The molecule has 0 aromatic heterocycles. The molecule has 2 N–H and O–H groups in total. The first-order chi connectivity index (χ1) is 10.1. The fourth-order valence-corrected chi connectivity index (χ4v) is 3.75. The van der Waals surface area contributed by atoms with Gasteiger partial charge in [0, 0.05) is 12.1 Å². The van der Waals surface area contributed by atoms with Gasteiger partial charge in [0.2, 0.25) is 0 Å². The lowest BCUT2D eigenvalue weighted by Gasteiger charge is -2.36. The van der Waals surface area contributed by atoms with Crippen molar-refractivity contribution >= 4 is 5.97 Å². The average Bonchev–Trinajstić information content (AvgIpc) is 2.75. The first-order valence-electron chi connectivity index (χ1n) is 7.84. The Bertz CT molecular complexity index is 477. The molecule has 2 heterocycles. The van der Waals surface area contributed by atoms with Crippen molar-refractivity contribution in [2.45, 2.75) is 43.8 Å². The van der Waals surface area contributed by atoms with Crippen LogP contribution in [0.15, 0.2) is 30.3 Å². The van der Waals surface area contributed by atoms with Gasteiger partial charge in [-0.1, -0.05) is 30.3 Å². The number of carbonyl (C=O) groups is 1. The molecule has 0 radical (unpaired) electrons. The quantitative estimate of drug-likeness (QED) is 0.862. The normalized spacial score (nSPS) is 30.1. The number of rotatable bonds is 4. The summed E-state index contributed by atoms with van der Waals surface area (Å²) in [6.45, 7) is 0.514. The third-order valence-corrected chi connectivity index (χ3v) is 5.07. The Morgan fingerprint density at radius 1 is 1.29 bits per heavy atom. The maximum Gasteiger partial charge on any atom is 0.327 e.